The quantitative estimate of drug-likeness (QED) is 0.239. The molecule has 170 valence electrons. The maximum atomic E-state index is 12.8. The van der Waals surface area contributed by atoms with Crippen molar-refractivity contribution in [1.29, 1.82) is 0 Å². The summed E-state index contributed by atoms with van der Waals surface area (Å²) in [6.45, 7) is 0.568. The molecule has 0 saturated heterocycles. The fourth-order valence-corrected chi connectivity index (χ4v) is 4.02. The van der Waals surface area contributed by atoms with Crippen molar-refractivity contribution in [1.82, 2.24) is 9.47 Å². The molecule has 0 N–H and O–H groups in total. The molecule has 34 heavy (non-hydrogen) atoms. The molecule has 0 saturated carbocycles. The lowest BCUT2D eigenvalue weighted by molar-refractivity contribution is 0.0495. The van der Waals surface area contributed by atoms with Crippen LogP contribution in [0.3, 0.4) is 0 Å². The van der Waals surface area contributed by atoms with Gasteiger partial charge in [-0.1, -0.05) is 42.5 Å². The van der Waals surface area contributed by atoms with Gasteiger partial charge >= 0.3 is 11.7 Å². The Labute approximate surface area is 194 Å². The molecule has 1 aromatic heterocycles. The van der Waals surface area contributed by atoms with Gasteiger partial charge in [-0.05, 0) is 42.3 Å². The van der Waals surface area contributed by atoms with Crippen LogP contribution in [-0.2, 0) is 17.8 Å². The van der Waals surface area contributed by atoms with Gasteiger partial charge < -0.3 is 9.15 Å². The van der Waals surface area contributed by atoms with Crippen molar-refractivity contribution in [2.45, 2.75) is 19.5 Å². The lowest BCUT2D eigenvalue weighted by atomic mass is 10.1. The summed E-state index contributed by atoms with van der Waals surface area (Å²) in [5.41, 5.74) is 2.66. The van der Waals surface area contributed by atoms with Crippen LogP contribution >= 0.6 is 0 Å². The van der Waals surface area contributed by atoms with Gasteiger partial charge in [0.2, 0.25) is 0 Å². The SMILES string of the molecule is O=C(OCCCn1c(=O)oc2ccccc21)c1ccc2c(c1)C(=O)N(Cc1ccccc1)C2=O. The van der Waals surface area contributed by atoms with Crippen molar-refractivity contribution in [3.63, 3.8) is 0 Å². The van der Waals surface area contributed by atoms with Crippen LogP contribution in [0.1, 0.15) is 43.1 Å². The minimum absolute atomic E-state index is 0.0782. The average molecular weight is 456 g/mol. The molecule has 4 aromatic rings. The molecule has 3 aromatic carbocycles. The number of imide groups is 1. The molecule has 5 rings (SSSR count). The van der Waals surface area contributed by atoms with Crippen LogP contribution < -0.4 is 5.76 Å². The molecular weight excluding hydrogens is 436 g/mol. The number of carbonyl (C=O) groups excluding carboxylic acids is 3. The highest BCUT2D eigenvalue weighted by molar-refractivity contribution is 6.21. The number of fused-ring (bicyclic) bond motifs is 2. The first-order valence-electron chi connectivity index (χ1n) is 10.8. The van der Waals surface area contributed by atoms with Crippen LogP contribution in [0.25, 0.3) is 11.1 Å². The van der Waals surface area contributed by atoms with E-state index in [1.54, 1.807) is 18.2 Å². The Bertz CT molecular complexity index is 1470. The number of rotatable bonds is 7. The average Bonchev–Trinajstić information content (AvgIpc) is 3.30. The zero-order valence-electron chi connectivity index (χ0n) is 18.1. The van der Waals surface area contributed by atoms with E-state index in [0.717, 1.165) is 5.56 Å². The van der Waals surface area contributed by atoms with Gasteiger partial charge in [-0.25, -0.2) is 9.59 Å². The van der Waals surface area contributed by atoms with Crippen molar-refractivity contribution in [2.75, 3.05) is 6.61 Å². The second kappa shape index (κ2) is 8.82. The normalized spacial score (nSPS) is 12.9. The number of amides is 2. The minimum Gasteiger partial charge on any atom is -0.462 e. The van der Waals surface area contributed by atoms with Gasteiger partial charge in [-0.3, -0.25) is 19.1 Å². The van der Waals surface area contributed by atoms with Gasteiger partial charge in [0.1, 0.15) is 0 Å². The van der Waals surface area contributed by atoms with Crippen molar-refractivity contribution >= 4 is 28.9 Å². The number of aromatic nitrogens is 1. The van der Waals surface area contributed by atoms with Crippen molar-refractivity contribution in [3.05, 3.63) is 106 Å². The summed E-state index contributed by atoms with van der Waals surface area (Å²) >= 11 is 0. The Morgan fingerprint density at radius 2 is 1.59 bits per heavy atom. The maximum Gasteiger partial charge on any atom is 0.419 e. The molecule has 0 aliphatic carbocycles. The molecule has 0 fully saturated rings. The number of para-hydroxylation sites is 2. The zero-order valence-corrected chi connectivity index (χ0v) is 18.1. The second-order valence-corrected chi connectivity index (χ2v) is 7.92. The van der Waals surface area contributed by atoms with Crippen molar-refractivity contribution in [3.8, 4) is 0 Å². The number of aryl methyl sites for hydroxylation is 1. The van der Waals surface area contributed by atoms with E-state index in [-0.39, 0.29) is 35.7 Å². The van der Waals surface area contributed by atoms with E-state index in [4.69, 9.17) is 9.15 Å². The highest BCUT2D eigenvalue weighted by Gasteiger charge is 2.36. The van der Waals surface area contributed by atoms with E-state index in [2.05, 4.69) is 0 Å². The summed E-state index contributed by atoms with van der Waals surface area (Å²) in [4.78, 5) is 51.2. The van der Waals surface area contributed by atoms with Gasteiger partial charge in [0, 0.05) is 6.54 Å². The van der Waals surface area contributed by atoms with Crippen LogP contribution in [-0.4, -0.2) is 33.9 Å². The summed E-state index contributed by atoms with van der Waals surface area (Å²) in [5.74, 6) is -1.89. The van der Waals surface area contributed by atoms with E-state index in [1.807, 2.05) is 36.4 Å². The summed E-state index contributed by atoms with van der Waals surface area (Å²) in [6, 6.07) is 20.7. The van der Waals surface area contributed by atoms with Crippen LogP contribution in [0, 0.1) is 0 Å². The number of hydrogen-bond acceptors (Lipinski definition) is 6. The molecule has 8 heteroatoms. The molecule has 0 bridgehead atoms. The fourth-order valence-electron chi connectivity index (χ4n) is 4.02. The van der Waals surface area contributed by atoms with Gasteiger partial charge in [0.05, 0.1) is 35.4 Å². The van der Waals surface area contributed by atoms with Gasteiger partial charge in [0.15, 0.2) is 5.58 Å². The molecule has 1 aliphatic rings. The predicted molar refractivity (Wildman–Crippen MR) is 122 cm³/mol. The predicted octanol–water partition coefficient (Wildman–Crippen LogP) is 3.64. The number of nitrogens with zero attached hydrogens (tertiary/aromatic N) is 2. The summed E-state index contributed by atoms with van der Waals surface area (Å²) < 4.78 is 12.0. The molecule has 0 unspecified atom stereocenters. The van der Waals surface area contributed by atoms with Gasteiger partial charge in [0.25, 0.3) is 11.8 Å². The lowest BCUT2D eigenvalue weighted by Crippen LogP contribution is -2.29. The number of ether oxygens (including phenoxy) is 1. The van der Waals surface area contributed by atoms with Gasteiger partial charge in [-0.2, -0.15) is 0 Å². The smallest absolute Gasteiger partial charge is 0.419 e. The van der Waals surface area contributed by atoms with Crippen molar-refractivity contribution in [2.24, 2.45) is 0 Å². The third-order valence-corrected chi connectivity index (χ3v) is 5.72. The largest absolute Gasteiger partial charge is 0.462 e. The topological polar surface area (TPSA) is 98.8 Å². The molecule has 0 atom stereocenters. The van der Waals surface area contributed by atoms with E-state index >= 15 is 0 Å². The van der Waals surface area contributed by atoms with E-state index in [1.165, 1.54) is 27.7 Å². The molecule has 2 amide bonds. The summed E-state index contributed by atoms with van der Waals surface area (Å²) in [7, 11) is 0. The summed E-state index contributed by atoms with van der Waals surface area (Å²) in [6.07, 6.45) is 0.405. The van der Waals surface area contributed by atoms with E-state index in [0.29, 0.717) is 24.1 Å². The minimum atomic E-state index is -0.603. The Hall–Kier alpha value is -4.46. The fraction of sp³-hybridized carbons (Fsp3) is 0.154. The Balaban J connectivity index is 1.22. The van der Waals surface area contributed by atoms with Gasteiger partial charge in [-0.15, -0.1) is 0 Å². The highest BCUT2D eigenvalue weighted by Crippen LogP contribution is 2.26. The van der Waals surface area contributed by atoms with E-state index < -0.39 is 17.6 Å². The van der Waals surface area contributed by atoms with Crippen LogP contribution in [0.5, 0.6) is 0 Å². The maximum absolute atomic E-state index is 12.8. The highest BCUT2D eigenvalue weighted by atomic mass is 16.5. The third kappa shape index (κ3) is 3.90. The van der Waals surface area contributed by atoms with E-state index in [9.17, 15) is 19.2 Å². The number of esters is 1. The first-order chi connectivity index (χ1) is 16.5. The first-order valence-corrected chi connectivity index (χ1v) is 10.8. The van der Waals surface area contributed by atoms with Crippen molar-refractivity contribution < 1.29 is 23.5 Å². The zero-order chi connectivity index (χ0) is 23.7. The Morgan fingerprint density at radius 1 is 0.853 bits per heavy atom. The second-order valence-electron chi connectivity index (χ2n) is 7.92. The number of oxazole rings is 1. The molecule has 2 heterocycles. The molecule has 0 spiro atoms. The molecule has 8 nitrogen and oxygen atoms in total. The Morgan fingerprint density at radius 3 is 2.41 bits per heavy atom. The molecular formula is C26H20N2O6. The van der Waals surface area contributed by atoms with Crippen LogP contribution in [0.15, 0.2) is 82.0 Å². The number of carbonyl (C=O) groups is 3. The standard InChI is InChI=1S/C26H20N2O6/c29-23-19-12-11-18(15-20(19)24(30)28(23)16-17-7-2-1-3-8-17)25(31)33-14-6-13-27-21-9-4-5-10-22(21)34-26(27)32/h1-5,7-12,15H,6,13-14,16H2. The summed E-state index contributed by atoms with van der Waals surface area (Å²) in [5, 5.41) is 0. The molecule has 0 radical (unpaired) electrons. The third-order valence-electron chi connectivity index (χ3n) is 5.72. The number of benzene rings is 3. The molecule has 1 aliphatic heterocycles. The first kappa shape index (κ1) is 21.4. The van der Waals surface area contributed by atoms with Crippen LogP contribution in [0.2, 0.25) is 0 Å². The monoisotopic (exact) mass is 456 g/mol. The van der Waals surface area contributed by atoms with Crippen LogP contribution in [0.4, 0.5) is 0 Å². The number of hydrogen-bond donors (Lipinski definition) is 0. The Kier molecular flexibility index (Phi) is 5.55. The lowest BCUT2D eigenvalue weighted by Gasteiger charge is -2.13.